The summed E-state index contributed by atoms with van der Waals surface area (Å²) in [6.07, 6.45) is 12.6. The predicted molar refractivity (Wildman–Crippen MR) is 165 cm³/mol. The van der Waals surface area contributed by atoms with Gasteiger partial charge in [-0.1, -0.05) is 5.16 Å². The summed E-state index contributed by atoms with van der Waals surface area (Å²) >= 11 is 0. The van der Waals surface area contributed by atoms with E-state index in [9.17, 15) is 9.59 Å². The molecule has 5 heterocycles. The zero-order chi connectivity index (χ0) is 31.1. The number of Topliss-reactive ketones (excluding diaryl/α,β-unsaturated/α-hetero) is 1. The molecule has 0 spiro atoms. The molecule has 0 aromatic carbocycles. The van der Waals surface area contributed by atoms with Gasteiger partial charge in [0.2, 0.25) is 0 Å². The van der Waals surface area contributed by atoms with E-state index in [1.165, 1.54) is 6.33 Å². The number of carbonyl (C=O) groups excluding carboxylic acids is 2. The van der Waals surface area contributed by atoms with Crippen molar-refractivity contribution in [1.29, 1.82) is 0 Å². The number of piperidine rings is 1. The fourth-order valence-electron chi connectivity index (χ4n) is 6.59. The molecule has 0 bridgehead atoms. The largest absolute Gasteiger partial charge is 0.449 e. The first kappa shape index (κ1) is 29.3. The third kappa shape index (κ3) is 5.87. The molecule has 2 saturated carbocycles. The number of nitrogens with two attached hydrogens (primary N) is 1. The van der Waals surface area contributed by atoms with Crippen LogP contribution in [0.1, 0.15) is 101 Å². The summed E-state index contributed by atoms with van der Waals surface area (Å²) in [7, 11) is 0. The predicted octanol–water partition coefficient (Wildman–Crippen LogP) is 5.44. The summed E-state index contributed by atoms with van der Waals surface area (Å²) < 4.78 is 13.3. The van der Waals surface area contributed by atoms with Crippen molar-refractivity contribution in [2.45, 2.75) is 89.5 Å². The molecule has 3 fully saturated rings. The maximum absolute atomic E-state index is 12.7. The number of amides is 1. The Morgan fingerprint density at radius 1 is 1.00 bits per heavy atom. The molecule has 0 radical (unpaired) electrons. The summed E-state index contributed by atoms with van der Waals surface area (Å²) in [4.78, 5) is 44.2. The Morgan fingerprint density at radius 3 is 2.42 bits per heavy atom. The molecule has 45 heavy (non-hydrogen) atoms. The Hall–Kier alpha value is -4.42. The molecule has 7 rings (SSSR count). The number of hydrogen-bond donors (Lipinski definition) is 1. The first-order chi connectivity index (χ1) is 21.9. The second-order valence-corrected chi connectivity index (χ2v) is 12.9. The zero-order valence-electron chi connectivity index (χ0n) is 25.8. The van der Waals surface area contributed by atoms with E-state index in [1.807, 2.05) is 30.9 Å². The Kier molecular flexibility index (Phi) is 7.92. The van der Waals surface area contributed by atoms with E-state index in [0.29, 0.717) is 78.3 Å². The van der Waals surface area contributed by atoms with E-state index in [1.54, 1.807) is 4.90 Å². The van der Waals surface area contributed by atoms with Crippen molar-refractivity contribution < 1.29 is 18.8 Å². The van der Waals surface area contributed by atoms with Gasteiger partial charge < -0.3 is 19.9 Å². The molecular formula is C32H39N9O4. The van der Waals surface area contributed by atoms with Crippen LogP contribution in [0.2, 0.25) is 0 Å². The lowest BCUT2D eigenvalue weighted by Crippen LogP contribution is -2.38. The molecule has 1 saturated heterocycles. The van der Waals surface area contributed by atoms with Crippen LogP contribution in [0.15, 0.2) is 23.2 Å². The standard InChI is InChI=1S/C32H39N9O4/c1-18(2)41-31-25(29(33)36-17-37-31)26(38-41)27-24(28(45-39-27)21-5-6-21)30-34-15-22(16-35-30)20-9-12-40(13-10-20)32(43)44-14-11-19-3-7-23(42)8-4-19/h15-21H,3-14H2,1-2H3,(H2,33,36,37). The van der Waals surface area contributed by atoms with Crippen LogP contribution < -0.4 is 5.73 Å². The number of carbonyl (C=O) groups is 2. The van der Waals surface area contributed by atoms with Crippen molar-refractivity contribution in [2.24, 2.45) is 5.92 Å². The number of anilines is 1. The molecule has 236 valence electrons. The Balaban J connectivity index is 1.05. The smallest absolute Gasteiger partial charge is 0.409 e. The highest BCUT2D eigenvalue weighted by atomic mass is 16.6. The highest BCUT2D eigenvalue weighted by Gasteiger charge is 2.36. The van der Waals surface area contributed by atoms with Crippen molar-refractivity contribution in [1.82, 2.24) is 39.8 Å². The Labute approximate surface area is 260 Å². The van der Waals surface area contributed by atoms with Crippen LogP contribution in [-0.4, -0.2) is 71.3 Å². The van der Waals surface area contributed by atoms with Crippen LogP contribution in [-0.2, 0) is 9.53 Å². The summed E-state index contributed by atoms with van der Waals surface area (Å²) in [5, 5.41) is 9.96. The highest BCUT2D eigenvalue weighted by Crippen LogP contribution is 2.48. The van der Waals surface area contributed by atoms with Gasteiger partial charge in [-0.3, -0.25) is 4.79 Å². The van der Waals surface area contributed by atoms with Gasteiger partial charge in [0, 0.05) is 50.3 Å². The summed E-state index contributed by atoms with van der Waals surface area (Å²) in [5.41, 5.74) is 9.84. The number of nitrogen functional groups attached to an aromatic ring is 1. The molecule has 4 aromatic rings. The number of rotatable bonds is 8. The summed E-state index contributed by atoms with van der Waals surface area (Å²) in [6, 6.07) is 0.0484. The van der Waals surface area contributed by atoms with Crippen LogP contribution in [0.3, 0.4) is 0 Å². The van der Waals surface area contributed by atoms with Crippen molar-refractivity contribution in [3.63, 3.8) is 0 Å². The fraction of sp³-hybridized carbons (Fsp3) is 0.562. The fourth-order valence-corrected chi connectivity index (χ4v) is 6.59. The highest BCUT2D eigenvalue weighted by molar-refractivity contribution is 6.00. The summed E-state index contributed by atoms with van der Waals surface area (Å²) in [6.45, 7) is 5.73. The van der Waals surface area contributed by atoms with Gasteiger partial charge in [0.05, 0.1) is 17.6 Å². The van der Waals surface area contributed by atoms with E-state index >= 15 is 0 Å². The van der Waals surface area contributed by atoms with Gasteiger partial charge in [-0.15, -0.1) is 0 Å². The van der Waals surface area contributed by atoms with Crippen LogP contribution in [0.5, 0.6) is 0 Å². The molecule has 13 heteroatoms. The van der Waals surface area contributed by atoms with Crippen LogP contribution in [0.25, 0.3) is 33.8 Å². The van der Waals surface area contributed by atoms with Gasteiger partial charge in [0.25, 0.3) is 0 Å². The van der Waals surface area contributed by atoms with Gasteiger partial charge in [0.1, 0.15) is 29.3 Å². The minimum atomic E-state index is -0.252. The van der Waals surface area contributed by atoms with Crippen molar-refractivity contribution in [2.75, 3.05) is 25.4 Å². The molecule has 1 aliphatic heterocycles. The average molecular weight is 614 g/mol. The second-order valence-electron chi connectivity index (χ2n) is 12.9. The number of ether oxygens (including phenoxy) is 1. The Bertz CT molecular complexity index is 1690. The maximum Gasteiger partial charge on any atom is 0.409 e. The normalized spacial score (nSPS) is 18.3. The van der Waals surface area contributed by atoms with E-state index in [0.717, 1.165) is 61.8 Å². The number of hydrogen-bond acceptors (Lipinski definition) is 11. The zero-order valence-corrected chi connectivity index (χ0v) is 25.8. The second kappa shape index (κ2) is 12.2. The lowest BCUT2D eigenvalue weighted by Gasteiger charge is -2.31. The molecule has 1 amide bonds. The molecule has 2 N–H and O–H groups in total. The molecule has 0 atom stereocenters. The molecule has 3 aliphatic rings. The van der Waals surface area contributed by atoms with E-state index in [4.69, 9.17) is 30.1 Å². The third-order valence-electron chi connectivity index (χ3n) is 9.43. The minimum Gasteiger partial charge on any atom is -0.449 e. The van der Waals surface area contributed by atoms with Gasteiger partial charge in [0.15, 0.2) is 17.2 Å². The molecule has 13 nitrogen and oxygen atoms in total. The van der Waals surface area contributed by atoms with Gasteiger partial charge in [-0.05, 0) is 76.2 Å². The number of aromatic nitrogens is 7. The number of likely N-dealkylation sites (tertiary alicyclic amines) is 1. The van der Waals surface area contributed by atoms with Crippen molar-refractivity contribution >= 4 is 28.7 Å². The van der Waals surface area contributed by atoms with Crippen molar-refractivity contribution in [3.8, 4) is 22.8 Å². The number of nitrogens with zero attached hydrogens (tertiary/aromatic N) is 8. The monoisotopic (exact) mass is 613 g/mol. The van der Waals surface area contributed by atoms with Gasteiger partial charge in [-0.2, -0.15) is 5.10 Å². The van der Waals surface area contributed by atoms with E-state index in [2.05, 4.69) is 15.1 Å². The van der Waals surface area contributed by atoms with E-state index < -0.39 is 0 Å². The molecule has 4 aromatic heterocycles. The first-order valence-corrected chi connectivity index (χ1v) is 16.1. The van der Waals surface area contributed by atoms with Crippen LogP contribution >= 0.6 is 0 Å². The summed E-state index contributed by atoms with van der Waals surface area (Å²) in [5.74, 6) is 2.97. The first-order valence-electron chi connectivity index (χ1n) is 16.1. The van der Waals surface area contributed by atoms with Crippen molar-refractivity contribution in [3.05, 3.63) is 30.0 Å². The quantitative estimate of drug-likeness (QED) is 0.268. The molecule has 0 unspecified atom stereocenters. The van der Waals surface area contributed by atoms with Gasteiger partial charge in [-0.25, -0.2) is 29.4 Å². The number of fused-ring (bicyclic) bond motifs is 1. The van der Waals surface area contributed by atoms with Crippen LogP contribution in [0, 0.1) is 5.92 Å². The maximum atomic E-state index is 12.7. The average Bonchev–Trinajstić information content (AvgIpc) is 3.68. The van der Waals surface area contributed by atoms with E-state index in [-0.39, 0.29) is 24.0 Å². The van der Waals surface area contributed by atoms with Gasteiger partial charge >= 0.3 is 6.09 Å². The molecule has 2 aliphatic carbocycles. The lowest BCUT2D eigenvalue weighted by molar-refractivity contribution is -0.121. The SMILES string of the molecule is CC(C)n1nc(-c2noc(C3CC3)c2-c2ncc(C3CCN(C(=O)OCCC4CCC(=O)CC4)CC3)cn2)c2c(N)ncnc21. The topological polar surface area (TPSA) is 168 Å². The minimum absolute atomic E-state index is 0.0484. The number of ketones is 1. The molecular weight excluding hydrogens is 574 g/mol. The third-order valence-corrected chi connectivity index (χ3v) is 9.43. The van der Waals surface area contributed by atoms with Crippen LogP contribution in [0.4, 0.5) is 10.6 Å². The Morgan fingerprint density at radius 2 is 1.73 bits per heavy atom. The lowest BCUT2D eigenvalue weighted by atomic mass is 9.86.